The maximum atomic E-state index is 12.6. The van der Waals surface area contributed by atoms with E-state index in [2.05, 4.69) is 22.1 Å². The lowest BCUT2D eigenvalue weighted by molar-refractivity contribution is -0.163. The van der Waals surface area contributed by atoms with Gasteiger partial charge in [0.1, 0.15) is 0 Å². The Hall–Kier alpha value is -1.11. The van der Waals surface area contributed by atoms with Gasteiger partial charge in [-0.2, -0.15) is 8.78 Å². The van der Waals surface area contributed by atoms with Gasteiger partial charge in [-0.15, -0.1) is 12.6 Å². The molecule has 106 valence electrons. The normalized spacial score (nSPS) is 32.4. The Kier molecular flexibility index (Phi) is 3.85. The van der Waals surface area contributed by atoms with Crippen LogP contribution < -0.4 is 0 Å². The van der Waals surface area contributed by atoms with Crippen molar-refractivity contribution < 1.29 is 27.8 Å². The summed E-state index contributed by atoms with van der Waals surface area (Å²) in [5.41, 5.74) is 0. The van der Waals surface area contributed by atoms with Gasteiger partial charge in [-0.25, -0.2) is 0 Å². The number of hydrogen-bond acceptors (Lipinski definition) is 5. The fourth-order valence-corrected chi connectivity index (χ4v) is 2.92. The second-order valence-corrected chi connectivity index (χ2v) is 5.45. The van der Waals surface area contributed by atoms with Crippen molar-refractivity contribution in [2.45, 2.75) is 11.7 Å². The third-order valence-electron chi connectivity index (χ3n) is 3.59. The quantitative estimate of drug-likeness (QED) is 0.486. The monoisotopic (exact) mass is 292 g/mol. The number of alkyl halides is 2. The van der Waals surface area contributed by atoms with E-state index in [1.54, 1.807) is 0 Å². The molecule has 0 aromatic rings. The van der Waals surface area contributed by atoms with E-state index < -0.39 is 35.6 Å². The first kappa shape index (κ1) is 14.3. The average Bonchev–Trinajstić information content (AvgIpc) is 2.93. The van der Waals surface area contributed by atoms with Gasteiger partial charge in [-0.1, -0.05) is 12.2 Å². The smallest absolute Gasteiger partial charge is 0.324 e. The van der Waals surface area contributed by atoms with Crippen LogP contribution in [-0.4, -0.2) is 30.9 Å². The minimum Gasteiger partial charge on any atom is -0.469 e. The molecule has 0 heterocycles. The number of carbonyl (C=O) groups excluding carboxylic acids is 2. The van der Waals surface area contributed by atoms with Gasteiger partial charge in [0.15, 0.2) is 6.61 Å². The molecule has 2 aliphatic carbocycles. The van der Waals surface area contributed by atoms with Gasteiger partial charge < -0.3 is 9.47 Å². The van der Waals surface area contributed by atoms with E-state index in [1.807, 2.05) is 12.2 Å². The first-order valence-electron chi connectivity index (χ1n) is 5.86. The SMILES string of the molecule is COC(=O)C1C2C=CC(C2)C1C(=O)OCC(F)(F)S. The van der Waals surface area contributed by atoms with Crippen molar-refractivity contribution in [3.05, 3.63) is 12.2 Å². The Labute approximate surface area is 114 Å². The van der Waals surface area contributed by atoms with Crippen LogP contribution in [-0.2, 0) is 19.1 Å². The Balaban J connectivity index is 2.07. The molecular formula is C12H14F2O4S. The lowest BCUT2D eigenvalue weighted by atomic mass is 9.83. The van der Waals surface area contributed by atoms with Crippen molar-refractivity contribution >= 4 is 24.6 Å². The third-order valence-corrected chi connectivity index (χ3v) is 3.72. The van der Waals surface area contributed by atoms with Crippen LogP contribution in [0.1, 0.15) is 6.42 Å². The fraction of sp³-hybridized carbons (Fsp3) is 0.667. The van der Waals surface area contributed by atoms with E-state index in [0.717, 1.165) is 0 Å². The standard InChI is InChI=1S/C12H14F2O4S/c1-17-10(15)8-6-2-3-7(4-6)9(8)11(16)18-5-12(13,14)19/h2-3,6-9,19H,4-5H2,1H3. The summed E-state index contributed by atoms with van der Waals surface area (Å²) in [5, 5.41) is -3.37. The Morgan fingerprint density at radius 2 is 1.79 bits per heavy atom. The predicted octanol–water partition coefficient (Wildman–Crippen LogP) is 1.66. The zero-order valence-electron chi connectivity index (χ0n) is 10.2. The van der Waals surface area contributed by atoms with Crippen LogP contribution in [0.25, 0.3) is 0 Å². The average molecular weight is 292 g/mol. The van der Waals surface area contributed by atoms with Crippen LogP contribution in [0.4, 0.5) is 8.78 Å². The number of halogens is 2. The molecule has 2 aliphatic rings. The molecule has 0 saturated heterocycles. The van der Waals surface area contributed by atoms with Crippen LogP contribution in [0.3, 0.4) is 0 Å². The number of fused-ring (bicyclic) bond motifs is 2. The highest BCUT2D eigenvalue weighted by atomic mass is 32.1. The van der Waals surface area contributed by atoms with Gasteiger partial charge in [-0.05, 0) is 18.3 Å². The molecular weight excluding hydrogens is 278 g/mol. The van der Waals surface area contributed by atoms with Crippen LogP contribution in [0.5, 0.6) is 0 Å². The predicted molar refractivity (Wildman–Crippen MR) is 64.6 cm³/mol. The van der Waals surface area contributed by atoms with Gasteiger partial charge in [0.05, 0.1) is 18.9 Å². The Morgan fingerprint density at radius 1 is 1.26 bits per heavy atom. The highest BCUT2D eigenvalue weighted by molar-refractivity contribution is 7.81. The van der Waals surface area contributed by atoms with Crippen molar-refractivity contribution in [1.29, 1.82) is 0 Å². The largest absolute Gasteiger partial charge is 0.469 e. The number of methoxy groups -OCH3 is 1. The molecule has 0 radical (unpaired) electrons. The Bertz CT molecular complexity index is 418. The number of rotatable bonds is 4. The van der Waals surface area contributed by atoms with Crippen LogP contribution in [0.15, 0.2) is 12.2 Å². The molecule has 4 nitrogen and oxygen atoms in total. The van der Waals surface area contributed by atoms with Gasteiger partial charge in [-0.3, -0.25) is 9.59 Å². The molecule has 19 heavy (non-hydrogen) atoms. The van der Waals surface area contributed by atoms with Crippen LogP contribution in [0.2, 0.25) is 0 Å². The van der Waals surface area contributed by atoms with E-state index >= 15 is 0 Å². The van der Waals surface area contributed by atoms with E-state index in [4.69, 9.17) is 0 Å². The number of hydrogen-bond donors (Lipinski definition) is 1. The molecule has 0 aromatic carbocycles. The van der Waals surface area contributed by atoms with Gasteiger partial charge in [0.2, 0.25) is 0 Å². The van der Waals surface area contributed by atoms with E-state index in [0.29, 0.717) is 6.42 Å². The molecule has 0 aliphatic heterocycles. The van der Waals surface area contributed by atoms with Crippen LogP contribution >= 0.6 is 12.6 Å². The first-order chi connectivity index (χ1) is 8.83. The van der Waals surface area contributed by atoms with Crippen molar-refractivity contribution in [3.8, 4) is 0 Å². The van der Waals surface area contributed by atoms with E-state index in [1.165, 1.54) is 7.11 Å². The topological polar surface area (TPSA) is 52.6 Å². The number of esters is 2. The summed E-state index contributed by atoms with van der Waals surface area (Å²) in [7, 11) is 1.24. The summed E-state index contributed by atoms with van der Waals surface area (Å²) in [6.45, 7) is -1.10. The van der Waals surface area contributed by atoms with Gasteiger partial charge >= 0.3 is 17.2 Å². The highest BCUT2D eigenvalue weighted by Gasteiger charge is 2.53. The fourth-order valence-electron chi connectivity index (χ4n) is 2.86. The summed E-state index contributed by atoms with van der Waals surface area (Å²) >= 11 is 2.99. The van der Waals surface area contributed by atoms with Crippen molar-refractivity contribution in [2.24, 2.45) is 23.7 Å². The second-order valence-electron chi connectivity index (χ2n) is 4.80. The van der Waals surface area contributed by atoms with Crippen molar-refractivity contribution in [2.75, 3.05) is 13.7 Å². The molecule has 7 heteroatoms. The molecule has 0 amide bonds. The molecule has 0 aromatic heterocycles. The lowest BCUT2D eigenvalue weighted by Gasteiger charge is -2.24. The molecule has 4 atom stereocenters. The van der Waals surface area contributed by atoms with Gasteiger partial charge in [0, 0.05) is 0 Å². The maximum Gasteiger partial charge on any atom is 0.324 e. The van der Waals surface area contributed by atoms with Crippen LogP contribution in [0, 0.1) is 23.7 Å². The minimum absolute atomic E-state index is 0.0773. The molecule has 1 saturated carbocycles. The summed E-state index contributed by atoms with van der Waals surface area (Å²) in [6, 6.07) is 0. The van der Waals surface area contributed by atoms with E-state index in [-0.39, 0.29) is 11.8 Å². The highest BCUT2D eigenvalue weighted by Crippen LogP contribution is 2.49. The van der Waals surface area contributed by atoms with E-state index in [9.17, 15) is 18.4 Å². The zero-order chi connectivity index (χ0) is 14.2. The number of allylic oxidation sites excluding steroid dienone is 2. The molecule has 4 unspecified atom stereocenters. The summed E-state index contributed by atoms with van der Waals surface area (Å²) in [6.07, 6.45) is 4.34. The third kappa shape index (κ3) is 2.91. The molecule has 2 rings (SSSR count). The molecule has 0 spiro atoms. The summed E-state index contributed by atoms with van der Waals surface area (Å²) < 4.78 is 34.4. The van der Waals surface area contributed by atoms with Crippen molar-refractivity contribution in [3.63, 3.8) is 0 Å². The lowest BCUT2D eigenvalue weighted by Crippen LogP contribution is -2.36. The summed E-state index contributed by atoms with van der Waals surface area (Å²) in [4.78, 5) is 23.6. The minimum atomic E-state index is -3.37. The summed E-state index contributed by atoms with van der Waals surface area (Å²) in [5.74, 6) is -2.89. The first-order valence-corrected chi connectivity index (χ1v) is 6.31. The molecule has 1 fully saturated rings. The molecule has 0 N–H and O–H groups in total. The maximum absolute atomic E-state index is 12.6. The van der Waals surface area contributed by atoms with Gasteiger partial charge in [0.25, 0.3) is 0 Å². The second kappa shape index (κ2) is 5.11. The Morgan fingerprint density at radius 3 is 2.26 bits per heavy atom. The number of thiol groups is 1. The zero-order valence-corrected chi connectivity index (χ0v) is 11.1. The molecule has 2 bridgehead atoms. The number of carbonyl (C=O) groups is 2. The van der Waals surface area contributed by atoms with Crippen molar-refractivity contribution in [1.82, 2.24) is 0 Å². The number of ether oxygens (including phenoxy) is 2.